The zero-order chi connectivity index (χ0) is 17.5. The van der Waals surface area contributed by atoms with Gasteiger partial charge in [-0.25, -0.2) is 8.42 Å². The molecule has 0 radical (unpaired) electrons. The average molecular weight is 362 g/mol. The van der Waals surface area contributed by atoms with Crippen LogP contribution in [-0.4, -0.2) is 38.4 Å². The molecule has 134 valence electrons. The van der Waals surface area contributed by atoms with E-state index >= 15 is 0 Å². The number of benzene rings is 1. The van der Waals surface area contributed by atoms with Crippen LogP contribution in [0.2, 0.25) is 0 Å². The summed E-state index contributed by atoms with van der Waals surface area (Å²) in [6.45, 7) is 3.76. The van der Waals surface area contributed by atoms with Crippen LogP contribution >= 0.6 is 0 Å². The first kappa shape index (κ1) is 17.7. The van der Waals surface area contributed by atoms with Crippen molar-refractivity contribution < 1.29 is 21.6 Å². The highest BCUT2D eigenvalue weighted by Crippen LogP contribution is 2.40. The third-order valence-electron chi connectivity index (χ3n) is 5.11. The van der Waals surface area contributed by atoms with Crippen molar-refractivity contribution in [2.24, 2.45) is 11.8 Å². The molecule has 1 aromatic rings. The van der Waals surface area contributed by atoms with Crippen molar-refractivity contribution in [3.8, 4) is 0 Å². The van der Waals surface area contributed by atoms with Gasteiger partial charge in [-0.3, -0.25) is 0 Å². The van der Waals surface area contributed by atoms with Crippen LogP contribution in [-0.2, 0) is 16.2 Å². The Labute approximate surface area is 140 Å². The number of hydrogen-bond acceptors (Lipinski definition) is 3. The lowest BCUT2D eigenvalue weighted by Crippen LogP contribution is -2.36. The van der Waals surface area contributed by atoms with Crippen LogP contribution in [0.15, 0.2) is 29.2 Å². The normalized spacial score (nSPS) is 28.2. The molecule has 0 bridgehead atoms. The standard InChI is InChI=1S/C16H21F3N2O2S/c1-2-20-15-8-3-11-9-21(10-14(11)15)24(22,23)13-6-4-12(5-7-13)16(17,18)19/h4-7,11,14-15,20H,2-3,8-10H2,1H3/t11-,14+,15+/m1/s1. The van der Waals surface area contributed by atoms with Crippen molar-refractivity contribution in [3.05, 3.63) is 29.8 Å². The van der Waals surface area contributed by atoms with E-state index in [9.17, 15) is 21.6 Å². The van der Waals surface area contributed by atoms with Gasteiger partial charge in [0, 0.05) is 19.1 Å². The van der Waals surface area contributed by atoms with Crippen molar-refractivity contribution in [1.29, 1.82) is 0 Å². The van der Waals surface area contributed by atoms with Gasteiger partial charge in [0.05, 0.1) is 10.5 Å². The minimum absolute atomic E-state index is 0.0736. The van der Waals surface area contributed by atoms with Crippen molar-refractivity contribution in [2.75, 3.05) is 19.6 Å². The molecule has 24 heavy (non-hydrogen) atoms. The van der Waals surface area contributed by atoms with Crippen molar-refractivity contribution >= 4 is 10.0 Å². The first-order valence-electron chi connectivity index (χ1n) is 8.14. The van der Waals surface area contributed by atoms with E-state index in [1.54, 1.807) is 0 Å². The fourth-order valence-corrected chi connectivity index (χ4v) is 5.44. The minimum atomic E-state index is -4.47. The smallest absolute Gasteiger partial charge is 0.314 e. The summed E-state index contributed by atoms with van der Waals surface area (Å²) in [5.41, 5.74) is -0.841. The molecule has 0 amide bonds. The molecule has 3 atom stereocenters. The summed E-state index contributed by atoms with van der Waals surface area (Å²) in [5, 5.41) is 3.41. The maximum absolute atomic E-state index is 12.7. The van der Waals surface area contributed by atoms with Crippen LogP contribution in [0, 0.1) is 11.8 Å². The molecule has 1 heterocycles. The van der Waals surface area contributed by atoms with Gasteiger partial charge < -0.3 is 5.32 Å². The van der Waals surface area contributed by atoms with E-state index in [2.05, 4.69) is 5.32 Å². The van der Waals surface area contributed by atoms with Crippen LogP contribution in [0.3, 0.4) is 0 Å². The second-order valence-electron chi connectivity index (χ2n) is 6.51. The lowest BCUT2D eigenvalue weighted by Gasteiger charge is -2.21. The largest absolute Gasteiger partial charge is 0.416 e. The summed E-state index contributed by atoms with van der Waals surface area (Å²) < 4.78 is 64.7. The Kier molecular flexibility index (Phi) is 4.65. The number of halogens is 3. The quantitative estimate of drug-likeness (QED) is 0.896. The van der Waals surface area contributed by atoms with Gasteiger partial charge >= 0.3 is 6.18 Å². The first-order valence-corrected chi connectivity index (χ1v) is 9.58. The van der Waals surface area contributed by atoms with E-state index < -0.39 is 21.8 Å². The predicted molar refractivity (Wildman–Crippen MR) is 83.9 cm³/mol. The highest BCUT2D eigenvalue weighted by molar-refractivity contribution is 7.89. The van der Waals surface area contributed by atoms with E-state index in [0.717, 1.165) is 43.7 Å². The molecule has 0 unspecified atom stereocenters. The molecule has 8 heteroatoms. The average Bonchev–Trinajstić information content (AvgIpc) is 3.09. The molecule has 1 N–H and O–H groups in total. The van der Waals surface area contributed by atoms with Crippen LogP contribution in [0.1, 0.15) is 25.3 Å². The van der Waals surface area contributed by atoms with Crippen LogP contribution in [0.25, 0.3) is 0 Å². The molecule has 0 aromatic heterocycles. The van der Waals surface area contributed by atoms with Gasteiger partial charge in [0.1, 0.15) is 0 Å². The molecule has 3 rings (SSSR count). The number of sulfonamides is 1. The Morgan fingerprint density at radius 1 is 1.17 bits per heavy atom. The summed E-state index contributed by atoms with van der Waals surface area (Å²) in [5.74, 6) is 0.618. The van der Waals surface area contributed by atoms with E-state index in [1.807, 2.05) is 6.92 Å². The number of rotatable bonds is 4. The highest BCUT2D eigenvalue weighted by Gasteiger charge is 2.46. The fourth-order valence-electron chi connectivity index (χ4n) is 3.90. The fraction of sp³-hybridized carbons (Fsp3) is 0.625. The number of nitrogens with zero attached hydrogens (tertiary/aromatic N) is 1. The Morgan fingerprint density at radius 2 is 1.83 bits per heavy atom. The van der Waals surface area contributed by atoms with E-state index in [0.29, 0.717) is 25.0 Å². The summed E-state index contributed by atoms with van der Waals surface area (Å²) in [7, 11) is -3.74. The Hall–Kier alpha value is -1.12. The van der Waals surface area contributed by atoms with Gasteiger partial charge in [-0.2, -0.15) is 17.5 Å². The zero-order valence-electron chi connectivity index (χ0n) is 13.4. The number of fused-ring (bicyclic) bond motifs is 1. The van der Waals surface area contributed by atoms with Crippen LogP contribution in [0.5, 0.6) is 0 Å². The van der Waals surface area contributed by atoms with Crippen molar-refractivity contribution in [1.82, 2.24) is 9.62 Å². The highest BCUT2D eigenvalue weighted by atomic mass is 32.2. The van der Waals surface area contributed by atoms with Gasteiger partial charge in [0.2, 0.25) is 10.0 Å². The van der Waals surface area contributed by atoms with Crippen LogP contribution in [0.4, 0.5) is 13.2 Å². The number of hydrogen-bond donors (Lipinski definition) is 1. The molecule has 2 aliphatic rings. The monoisotopic (exact) mass is 362 g/mol. The predicted octanol–water partition coefficient (Wildman–Crippen LogP) is 2.71. The molecular formula is C16H21F3N2O2S. The summed E-state index contributed by atoms with van der Waals surface area (Å²) in [6.07, 6.45) is -2.43. The lowest BCUT2D eigenvalue weighted by molar-refractivity contribution is -0.137. The Morgan fingerprint density at radius 3 is 2.42 bits per heavy atom. The molecule has 1 saturated heterocycles. The molecule has 1 aliphatic carbocycles. The topological polar surface area (TPSA) is 49.4 Å². The molecular weight excluding hydrogens is 341 g/mol. The van der Waals surface area contributed by atoms with E-state index in [1.165, 1.54) is 4.31 Å². The van der Waals surface area contributed by atoms with Crippen molar-refractivity contribution in [2.45, 2.75) is 36.9 Å². The second kappa shape index (κ2) is 6.31. The maximum atomic E-state index is 12.7. The number of alkyl halides is 3. The Balaban J connectivity index is 1.77. The third-order valence-corrected chi connectivity index (χ3v) is 6.95. The maximum Gasteiger partial charge on any atom is 0.416 e. The van der Waals surface area contributed by atoms with Gasteiger partial charge in [-0.05, 0) is 55.5 Å². The minimum Gasteiger partial charge on any atom is -0.314 e. The van der Waals surface area contributed by atoms with E-state index in [4.69, 9.17) is 0 Å². The molecule has 0 spiro atoms. The molecule has 1 saturated carbocycles. The van der Waals surface area contributed by atoms with E-state index in [-0.39, 0.29) is 10.8 Å². The third kappa shape index (κ3) is 3.19. The summed E-state index contributed by atoms with van der Waals surface area (Å²) in [6, 6.07) is 4.08. The molecule has 2 fully saturated rings. The Bertz CT molecular complexity index is 686. The van der Waals surface area contributed by atoms with Gasteiger partial charge in [-0.15, -0.1) is 0 Å². The SMILES string of the molecule is CCN[C@H]1CC[C@@H]2CN(S(=O)(=O)c3ccc(C(F)(F)F)cc3)C[C@@H]21. The first-order chi connectivity index (χ1) is 11.2. The van der Waals surface area contributed by atoms with Crippen molar-refractivity contribution in [3.63, 3.8) is 0 Å². The summed E-state index contributed by atoms with van der Waals surface area (Å²) >= 11 is 0. The molecule has 1 aliphatic heterocycles. The molecule has 1 aromatic carbocycles. The van der Waals surface area contributed by atoms with Crippen LogP contribution < -0.4 is 5.32 Å². The van der Waals surface area contributed by atoms with Gasteiger partial charge in [0.25, 0.3) is 0 Å². The lowest BCUT2D eigenvalue weighted by atomic mass is 9.98. The molecule has 4 nitrogen and oxygen atoms in total. The second-order valence-corrected chi connectivity index (χ2v) is 8.45. The summed E-state index contributed by atoms with van der Waals surface area (Å²) in [4.78, 5) is -0.0736. The zero-order valence-corrected chi connectivity index (χ0v) is 14.2. The number of nitrogens with one attached hydrogen (secondary N) is 1. The van der Waals surface area contributed by atoms with Gasteiger partial charge in [0.15, 0.2) is 0 Å². The van der Waals surface area contributed by atoms with Gasteiger partial charge in [-0.1, -0.05) is 6.92 Å².